The van der Waals surface area contributed by atoms with Crippen LogP contribution in [0.15, 0.2) is 18.2 Å². The summed E-state index contributed by atoms with van der Waals surface area (Å²) in [5.74, 6) is -0.897. The molecule has 3 amide bonds. The molecule has 2 aliphatic rings. The third-order valence-corrected chi connectivity index (χ3v) is 14.2. The first-order chi connectivity index (χ1) is 23.3. The first-order valence-corrected chi connectivity index (χ1v) is 20.5. The number of hydrogen-bond donors (Lipinski definition) is 1. The molecule has 2 saturated heterocycles. The van der Waals surface area contributed by atoms with E-state index in [1.54, 1.807) is 72.4 Å². The van der Waals surface area contributed by atoms with Crippen molar-refractivity contribution < 1.29 is 50.7 Å². The van der Waals surface area contributed by atoms with Crippen LogP contribution in [0.3, 0.4) is 0 Å². The second-order valence-corrected chi connectivity index (χ2v) is 18.3. The number of nitrogens with one attached hydrogen (secondary N) is 1. The largest absolute Gasteiger partial charge is 0.442 e. The number of piperazine rings is 1. The van der Waals surface area contributed by atoms with Gasteiger partial charge in [0.2, 0.25) is 11.8 Å². The molecule has 1 unspecified atom stereocenters. The number of benzene rings is 1. The number of carbonyl (C=O) groups is 3. The predicted molar refractivity (Wildman–Crippen MR) is 189 cm³/mol. The number of carbonyl (C=O) groups excluding carboxylic acids is 3. The van der Waals surface area contributed by atoms with Crippen molar-refractivity contribution in [2.75, 3.05) is 49.1 Å². The van der Waals surface area contributed by atoms with Gasteiger partial charge < -0.3 is 37.9 Å². The summed E-state index contributed by atoms with van der Waals surface area (Å²) in [7, 11) is -8.13. The SMILES string of the molecule is CC(=O)NCC1CN(c2ccc(N3CCN(C(=O)CCCC(P(=O)(OC(C)C)OC(C)C)P(=O)(OC(C)C)OC(C)C)CC3)c(F)c2)C(=O)O1. The molecule has 1 N–H and O–H groups in total. The second-order valence-electron chi connectivity index (χ2n) is 13.6. The lowest BCUT2D eigenvalue weighted by Gasteiger charge is -2.37. The molecule has 14 nitrogen and oxygen atoms in total. The summed E-state index contributed by atoms with van der Waals surface area (Å²) in [5.41, 5.74) is 0.695. The Morgan fingerprint density at radius 2 is 1.42 bits per heavy atom. The van der Waals surface area contributed by atoms with E-state index in [0.717, 1.165) is 0 Å². The fourth-order valence-electron chi connectivity index (χ4n) is 5.80. The molecule has 2 fully saturated rings. The van der Waals surface area contributed by atoms with Gasteiger partial charge in [0.25, 0.3) is 0 Å². The Balaban J connectivity index is 1.65. The maximum absolute atomic E-state index is 15.3. The molecular formula is C33H55FN4O10P2. The van der Waals surface area contributed by atoms with Crippen LogP contribution in [0.25, 0.3) is 0 Å². The van der Waals surface area contributed by atoms with Crippen molar-refractivity contribution in [3.63, 3.8) is 0 Å². The van der Waals surface area contributed by atoms with Crippen LogP contribution in [0.4, 0.5) is 20.6 Å². The van der Waals surface area contributed by atoms with Gasteiger partial charge in [0.05, 0.1) is 48.9 Å². The average Bonchev–Trinajstić information content (AvgIpc) is 3.36. The predicted octanol–water partition coefficient (Wildman–Crippen LogP) is 6.52. The van der Waals surface area contributed by atoms with Gasteiger partial charge in [0.1, 0.15) is 11.9 Å². The zero-order chi connectivity index (χ0) is 37.4. The minimum Gasteiger partial charge on any atom is -0.442 e. The Labute approximate surface area is 295 Å². The van der Waals surface area contributed by atoms with E-state index in [-0.39, 0.29) is 44.2 Å². The van der Waals surface area contributed by atoms with Crippen LogP contribution in [-0.4, -0.2) is 98.0 Å². The highest BCUT2D eigenvalue weighted by Crippen LogP contribution is 2.73. The van der Waals surface area contributed by atoms with Gasteiger partial charge in [0, 0.05) is 39.5 Å². The van der Waals surface area contributed by atoms with Crippen molar-refractivity contribution >= 4 is 44.5 Å². The number of nitrogens with zero attached hydrogens (tertiary/aromatic N) is 3. The molecule has 284 valence electrons. The molecule has 2 heterocycles. The number of cyclic esters (lactones) is 1. The number of halogens is 1. The van der Waals surface area contributed by atoms with E-state index in [4.69, 9.17) is 22.8 Å². The monoisotopic (exact) mass is 748 g/mol. The Morgan fingerprint density at radius 3 is 1.88 bits per heavy atom. The van der Waals surface area contributed by atoms with Gasteiger partial charge in [-0.2, -0.15) is 0 Å². The van der Waals surface area contributed by atoms with Crippen molar-refractivity contribution in [3.05, 3.63) is 24.0 Å². The van der Waals surface area contributed by atoms with E-state index < -0.39 is 63.0 Å². The third-order valence-electron chi connectivity index (χ3n) is 7.68. The van der Waals surface area contributed by atoms with Crippen molar-refractivity contribution in [2.24, 2.45) is 0 Å². The Morgan fingerprint density at radius 1 is 0.900 bits per heavy atom. The van der Waals surface area contributed by atoms with Gasteiger partial charge in [-0.25, -0.2) is 9.18 Å². The van der Waals surface area contributed by atoms with Crippen LogP contribution in [-0.2, 0) is 41.6 Å². The van der Waals surface area contributed by atoms with Crippen molar-refractivity contribution in [2.45, 2.75) is 117 Å². The summed E-state index contributed by atoms with van der Waals surface area (Å²) in [5, 5.41) is 1.37. The minimum absolute atomic E-state index is 0.0370. The molecule has 0 spiro atoms. The van der Waals surface area contributed by atoms with Crippen LogP contribution in [0.1, 0.15) is 81.6 Å². The number of amides is 3. The Kier molecular flexibility index (Phi) is 15.3. The molecule has 0 saturated carbocycles. The van der Waals surface area contributed by atoms with Gasteiger partial charge in [-0.15, -0.1) is 0 Å². The molecule has 1 aromatic carbocycles. The molecule has 3 rings (SSSR count). The fraction of sp³-hybridized carbons (Fsp3) is 0.727. The third kappa shape index (κ3) is 11.7. The lowest BCUT2D eigenvalue weighted by Crippen LogP contribution is -2.49. The first kappa shape index (κ1) is 41.9. The van der Waals surface area contributed by atoms with Crippen LogP contribution < -0.4 is 15.1 Å². The van der Waals surface area contributed by atoms with Crippen LogP contribution in [0, 0.1) is 5.82 Å². The standard InChI is InChI=1S/C33H55FN4O10P2/c1-22(2)45-49(42,46-23(3)4)32(50(43,47-24(5)6)48-25(7)8)12-10-11-31(40)37-17-15-36(16-18-37)30-14-13-27(19-29(30)34)38-21-28(44-33(38)41)20-35-26(9)39/h13-14,19,22-25,28,32H,10-12,15-18,20-21H2,1-9H3,(H,35,39). The van der Waals surface area contributed by atoms with Gasteiger partial charge in [-0.3, -0.25) is 23.6 Å². The molecule has 0 radical (unpaired) electrons. The van der Waals surface area contributed by atoms with E-state index >= 15 is 4.39 Å². The maximum atomic E-state index is 15.3. The number of anilines is 2. The molecular weight excluding hydrogens is 693 g/mol. The Bertz CT molecular complexity index is 1350. The quantitative estimate of drug-likeness (QED) is 0.163. The van der Waals surface area contributed by atoms with Gasteiger partial charge in [-0.05, 0) is 86.4 Å². The van der Waals surface area contributed by atoms with Crippen LogP contribution >= 0.6 is 15.2 Å². The summed E-state index contributed by atoms with van der Waals surface area (Å²) in [6.45, 7) is 16.9. The molecule has 1 aromatic rings. The zero-order valence-electron chi connectivity index (χ0n) is 30.8. The van der Waals surface area contributed by atoms with Crippen molar-refractivity contribution in [1.29, 1.82) is 0 Å². The number of rotatable bonds is 18. The summed E-state index contributed by atoms with van der Waals surface area (Å²) in [6, 6.07) is 4.52. The topological polar surface area (TPSA) is 153 Å². The second kappa shape index (κ2) is 18.3. The number of hydrogen-bond acceptors (Lipinski definition) is 11. The molecule has 17 heteroatoms. The lowest BCUT2D eigenvalue weighted by atomic mass is 10.2. The molecule has 1 atom stereocenters. The van der Waals surface area contributed by atoms with Crippen LogP contribution in [0.2, 0.25) is 0 Å². The van der Waals surface area contributed by atoms with Crippen molar-refractivity contribution in [3.8, 4) is 0 Å². The fourth-order valence-corrected chi connectivity index (χ4v) is 11.9. The smallest absolute Gasteiger partial charge is 0.414 e. The van der Waals surface area contributed by atoms with E-state index in [1.807, 2.05) is 4.90 Å². The average molecular weight is 749 g/mol. The molecule has 0 aliphatic carbocycles. The molecule has 2 aliphatic heterocycles. The summed E-state index contributed by atoms with van der Waals surface area (Å²) in [6.07, 6.45) is -2.81. The summed E-state index contributed by atoms with van der Waals surface area (Å²) < 4.78 is 72.7. The van der Waals surface area contributed by atoms with Crippen LogP contribution in [0.5, 0.6) is 0 Å². The molecule has 0 bridgehead atoms. The van der Waals surface area contributed by atoms with E-state index in [9.17, 15) is 23.5 Å². The molecule has 50 heavy (non-hydrogen) atoms. The Hall–Kier alpha value is -2.54. The van der Waals surface area contributed by atoms with Gasteiger partial charge in [0.15, 0.2) is 5.40 Å². The lowest BCUT2D eigenvalue weighted by molar-refractivity contribution is -0.131. The minimum atomic E-state index is -4.06. The first-order valence-electron chi connectivity index (χ1n) is 17.3. The highest BCUT2D eigenvalue weighted by Gasteiger charge is 2.52. The highest BCUT2D eigenvalue weighted by atomic mass is 31.2. The van der Waals surface area contributed by atoms with E-state index in [2.05, 4.69) is 5.32 Å². The number of ether oxygens (including phenoxy) is 1. The van der Waals surface area contributed by atoms with Gasteiger partial charge in [-0.1, -0.05) is 0 Å². The normalized spacial score (nSPS) is 17.5. The summed E-state index contributed by atoms with van der Waals surface area (Å²) in [4.78, 5) is 41.8. The van der Waals surface area contributed by atoms with Gasteiger partial charge >= 0.3 is 21.3 Å². The molecule has 0 aromatic heterocycles. The zero-order valence-corrected chi connectivity index (χ0v) is 32.5. The maximum Gasteiger partial charge on any atom is 0.414 e. The highest BCUT2D eigenvalue weighted by molar-refractivity contribution is 7.72. The van der Waals surface area contributed by atoms with E-state index in [1.165, 1.54) is 17.9 Å². The summed E-state index contributed by atoms with van der Waals surface area (Å²) >= 11 is 0. The van der Waals surface area contributed by atoms with E-state index in [0.29, 0.717) is 37.6 Å². The van der Waals surface area contributed by atoms with Crippen molar-refractivity contribution in [1.82, 2.24) is 10.2 Å².